The van der Waals surface area contributed by atoms with Crippen LogP contribution < -0.4 is 10.1 Å². The molecule has 0 fully saturated rings. The molecule has 5 aromatic rings. The van der Waals surface area contributed by atoms with Crippen LogP contribution in [0.15, 0.2) is 119 Å². The Bertz CT molecular complexity index is 2920. The zero-order chi connectivity index (χ0) is 42.7. The Morgan fingerprint density at radius 2 is 1.57 bits per heavy atom. The third-order valence-electron chi connectivity index (χ3n) is 8.13. The number of ketones is 1. The van der Waals surface area contributed by atoms with Gasteiger partial charge in [-0.3, -0.25) is 18.7 Å². The number of azo groups is 2. The summed E-state index contributed by atoms with van der Waals surface area (Å²) in [5.74, 6) is -3.07. The Kier molecular flexibility index (Phi) is 12.8. The van der Waals surface area contributed by atoms with Gasteiger partial charge in [-0.1, -0.05) is 41.9 Å². The van der Waals surface area contributed by atoms with Crippen LogP contribution in [0.1, 0.15) is 12.5 Å². The van der Waals surface area contributed by atoms with E-state index in [9.17, 15) is 49.1 Å². The molecule has 5 rings (SSSR count). The topological polar surface area (TPSA) is 307 Å². The van der Waals surface area contributed by atoms with Gasteiger partial charge in [0.15, 0.2) is 21.4 Å². The number of anilines is 1. The van der Waals surface area contributed by atoms with Crippen LogP contribution in [0.25, 0.3) is 21.5 Å². The first-order chi connectivity index (χ1) is 27.2. The molecule has 0 aromatic heterocycles. The Morgan fingerprint density at radius 3 is 2.19 bits per heavy atom. The van der Waals surface area contributed by atoms with Gasteiger partial charge >= 0.3 is 0 Å². The molecule has 24 heteroatoms. The van der Waals surface area contributed by atoms with Crippen LogP contribution in [0.3, 0.4) is 0 Å². The number of aromatic hydroxyl groups is 1. The van der Waals surface area contributed by atoms with E-state index in [2.05, 4.69) is 41.7 Å². The predicted molar refractivity (Wildman–Crippen MR) is 207 cm³/mol. The molecule has 5 N–H and O–H groups in total. The van der Waals surface area contributed by atoms with E-state index in [1.807, 2.05) is 0 Å². The van der Waals surface area contributed by atoms with E-state index in [1.165, 1.54) is 44.4 Å². The highest BCUT2D eigenvalue weighted by Crippen LogP contribution is 2.46. The van der Waals surface area contributed by atoms with E-state index < -0.39 is 74.7 Å². The number of fused-ring (bicyclic) bond motifs is 2. The summed E-state index contributed by atoms with van der Waals surface area (Å²) in [6, 6.07) is 12.1. The number of phenols is 1. The standard InChI is InChI=1S/C34H29N5O15S4/c1-5-56(44,45)28-16-26(52-4)24(12-17(28)2)37-38-30(18(3)40)34(42)35-25-15-22-20(14-29(25)57(46,47)48)13-27(55-54-53-43)31(32(22)41)39-36-23-11-10-19-8-6-7-9-21(19)33(23)58(49,50)51/h5-16,30,41,43H,1H2,2-4H3,(H,35,42)(H,46,47,48)(H,49,50,51). The molecule has 58 heavy (non-hydrogen) atoms. The summed E-state index contributed by atoms with van der Waals surface area (Å²) in [5.41, 5.74) is -1.44. The van der Waals surface area contributed by atoms with Crippen molar-refractivity contribution in [2.45, 2.75) is 39.5 Å². The van der Waals surface area contributed by atoms with Crippen LogP contribution in [0, 0.1) is 6.92 Å². The summed E-state index contributed by atoms with van der Waals surface area (Å²) >= 11 is 0.230. The number of benzene rings is 5. The second-order valence-electron chi connectivity index (χ2n) is 11.9. The van der Waals surface area contributed by atoms with Crippen molar-refractivity contribution in [1.82, 2.24) is 0 Å². The molecule has 0 aliphatic heterocycles. The second-order valence-corrected chi connectivity index (χ2v) is 17.2. The summed E-state index contributed by atoms with van der Waals surface area (Å²) in [7, 11) is -12.8. The molecular weight excluding hydrogens is 847 g/mol. The fraction of sp³-hybridized carbons (Fsp3) is 0.118. The van der Waals surface area contributed by atoms with Crippen molar-refractivity contribution in [2.24, 2.45) is 20.5 Å². The van der Waals surface area contributed by atoms with Crippen LogP contribution in [-0.2, 0) is 49.0 Å². The van der Waals surface area contributed by atoms with E-state index in [4.69, 9.17) is 9.99 Å². The molecule has 0 saturated carbocycles. The molecule has 0 heterocycles. The van der Waals surface area contributed by atoms with Gasteiger partial charge in [0.05, 0.1) is 34.6 Å². The molecule has 0 saturated heterocycles. The van der Waals surface area contributed by atoms with Gasteiger partial charge in [0.25, 0.3) is 26.1 Å². The summed E-state index contributed by atoms with van der Waals surface area (Å²) in [6.45, 7) is 5.70. The van der Waals surface area contributed by atoms with E-state index >= 15 is 0 Å². The minimum atomic E-state index is -5.17. The first kappa shape index (κ1) is 43.4. The third-order valence-corrected chi connectivity index (χ3v) is 12.1. The van der Waals surface area contributed by atoms with Gasteiger partial charge in [-0.25, -0.2) is 13.7 Å². The number of aryl methyl sites for hydroxylation is 1. The largest absolute Gasteiger partial charge is 0.505 e. The van der Waals surface area contributed by atoms with E-state index in [-0.39, 0.29) is 60.7 Å². The molecule has 304 valence electrons. The number of sulfone groups is 1. The van der Waals surface area contributed by atoms with Crippen LogP contribution in [0.5, 0.6) is 11.5 Å². The number of phenolic OH excluding ortho intramolecular Hbond substituents is 1. The summed E-state index contributed by atoms with van der Waals surface area (Å²) in [6.07, 6.45) is 0. The van der Waals surface area contributed by atoms with Crippen LogP contribution >= 0.6 is 12.0 Å². The van der Waals surface area contributed by atoms with Crippen molar-refractivity contribution in [3.63, 3.8) is 0 Å². The predicted octanol–water partition coefficient (Wildman–Crippen LogP) is 6.95. The average molecular weight is 876 g/mol. The molecule has 0 aliphatic carbocycles. The normalized spacial score (nSPS) is 13.0. The third kappa shape index (κ3) is 9.20. The molecule has 0 spiro atoms. The zero-order valence-electron chi connectivity index (χ0n) is 29.9. The first-order valence-corrected chi connectivity index (χ1v) is 21.0. The molecule has 1 amide bonds. The maximum atomic E-state index is 13.5. The van der Waals surface area contributed by atoms with Crippen molar-refractivity contribution in [3.05, 3.63) is 84.3 Å². The average Bonchev–Trinajstić information content (AvgIpc) is 3.15. The van der Waals surface area contributed by atoms with Crippen molar-refractivity contribution in [3.8, 4) is 11.5 Å². The number of nitrogens with one attached hydrogen (secondary N) is 1. The number of methoxy groups -OCH3 is 1. The van der Waals surface area contributed by atoms with Crippen molar-refractivity contribution < 1.29 is 68.4 Å². The lowest BCUT2D eigenvalue weighted by molar-refractivity contribution is -0.432. The Hall–Kier alpha value is -5.70. The molecule has 1 unspecified atom stereocenters. The molecule has 0 aliphatic rings. The van der Waals surface area contributed by atoms with E-state index in [0.29, 0.717) is 5.39 Å². The molecule has 0 bridgehead atoms. The lowest BCUT2D eigenvalue weighted by Crippen LogP contribution is -2.32. The smallest absolute Gasteiger partial charge is 0.297 e. The number of amides is 1. The monoisotopic (exact) mass is 875 g/mol. The number of carbonyl (C=O) groups excluding carboxylic acids is 2. The Balaban J connectivity index is 1.62. The first-order valence-electron chi connectivity index (χ1n) is 15.9. The van der Waals surface area contributed by atoms with Gasteiger partial charge in [0, 0.05) is 22.2 Å². The molecule has 0 radical (unpaired) electrons. The van der Waals surface area contributed by atoms with Crippen LogP contribution in [-0.4, -0.2) is 69.6 Å². The molecule has 1 atom stereocenters. The van der Waals surface area contributed by atoms with Crippen LogP contribution in [0.2, 0.25) is 0 Å². The van der Waals surface area contributed by atoms with Crippen molar-refractivity contribution in [2.75, 3.05) is 12.4 Å². The van der Waals surface area contributed by atoms with Crippen molar-refractivity contribution in [1.29, 1.82) is 0 Å². The fourth-order valence-corrected chi connectivity index (χ4v) is 8.47. The van der Waals surface area contributed by atoms with Crippen LogP contribution in [0.4, 0.5) is 22.7 Å². The lowest BCUT2D eigenvalue weighted by Gasteiger charge is -2.15. The molecule has 20 nitrogen and oxygen atoms in total. The van der Waals surface area contributed by atoms with Gasteiger partial charge in [-0.2, -0.15) is 27.1 Å². The fourth-order valence-electron chi connectivity index (χ4n) is 5.51. The van der Waals surface area contributed by atoms with Gasteiger partial charge in [-0.05, 0) is 60.5 Å². The highest BCUT2D eigenvalue weighted by Gasteiger charge is 2.28. The SMILES string of the molecule is C=CS(=O)(=O)c1cc(OC)c(N=NC(C(C)=O)C(=O)Nc2cc3c(O)c(N=Nc4ccc5ccccc5c4S(=O)(=O)O)c(SOOO)cc3cc2S(=O)(=O)O)cc1C. The minimum absolute atomic E-state index is 0.0865. The maximum absolute atomic E-state index is 13.5. The van der Waals surface area contributed by atoms with Gasteiger partial charge in [0.1, 0.15) is 32.6 Å². The zero-order valence-corrected chi connectivity index (χ0v) is 33.2. The summed E-state index contributed by atoms with van der Waals surface area (Å²) < 4.78 is 105. The highest BCUT2D eigenvalue weighted by molar-refractivity contribution is 7.94. The number of hydrogen-bond acceptors (Lipinski definition) is 18. The number of hydrogen-bond donors (Lipinski definition) is 5. The van der Waals surface area contributed by atoms with Gasteiger partial charge < -0.3 is 15.2 Å². The Labute approximate surface area is 333 Å². The summed E-state index contributed by atoms with van der Waals surface area (Å²) in [4.78, 5) is 24.2. The molecular formula is C34H29N5O15S4. The lowest BCUT2D eigenvalue weighted by atomic mass is 10.1. The van der Waals surface area contributed by atoms with E-state index in [1.54, 1.807) is 12.1 Å². The van der Waals surface area contributed by atoms with Gasteiger partial charge in [-0.15, -0.1) is 14.6 Å². The van der Waals surface area contributed by atoms with Crippen molar-refractivity contribution >= 4 is 98.1 Å². The number of nitrogens with zero attached hydrogens (tertiary/aromatic N) is 4. The minimum Gasteiger partial charge on any atom is -0.505 e. The number of carbonyl (C=O) groups is 2. The second kappa shape index (κ2) is 17.0. The quantitative estimate of drug-likeness (QED) is 0.0177. The summed E-state index contributed by atoms with van der Waals surface area (Å²) in [5, 5.41) is 42.5. The number of ether oxygens (including phenoxy) is 1. The van der Waals surface area contributed by atoms with E-state index in [0.717, 1.165) is 36.6 Å². The molecule has 5 aromatic carbocycles. The number of rotatable bonds is 15. The Morgan fingerprint density at radius 1 is 0.862 bits per heavy atom. The maximum Gasteiger partial charge on any atom is 0.297 e. The number of Topliss-reactive ketones (excluding diaryl/α,β-unsaturated/α-hetero) is 1. The highest BCUT2D eigenvalue weighted by atomic mass is 32.2. The van der Waals surface area contributed by atoms with Gasteiger partial charge in [0.2, 0.25) is 6.04 Å².